The van der Waals surface area contributed by atoms with Crippen LogP contribution in [0.25, 0.3) is 0 Å². The highest BCUT2D eigenvalue weighted by molar-refractivity contribution is 5.74. The van der Waals surface area contributed by atoms with Gasteiger partial charge in [-0.25, -0.2) is 0 Å². The Balaban J connectivity index is 2.44. The van der Waals surface area contributed by atoms with Crippen molar-refractivity contribution in [1.82, 2.24) is 4.90 Å². The fourth-order valence-electron chi connectivity index (χ4n) is 1.76. The number of hydrogen-bond donors (Lipinski definition) is 0. The van der Waals surface area contributed by atoms with Gasteiger partial charge in [0.25, 0.3) is 0 Å². The van der Waals surface area contributed by atoms with E-state index in [0.29, 0.717) is 6.54 Å². The van der Waals surface area contributed by atoms with Crippen molar-refractivity contribution in [2.24, 2.45) is 0 Å². The summed E-state index contributed by atoms with van der Waals surface area (Å²) in [6, 6.07) is 0. The average molecular weight is 245 g/mol. The molecule has 1 rings (SSSR count). The predicted octanol–water partition coefficient (Wildman–Crippen LogP) is -0.187. The van der Waals surface area contributed by atoms with Crippen LogP contribution >= 0.6 is 0 Å². The van der Waals surface area contributed by atoms with Crippen LogP contribution in [-0.4, -0.2) is 63.4 Å². The highest BCUT2D eigenvalue weighted by Gasteiger charge is 2.22. The third-order valence-corrected chi connectivity index (χ3v) is 2.65. The molecule has 6 nitrogen and oxygen atoms in total. The van der Waals surface area contributed by atoms with Crippen molar-refractivity contribution >= 4 is 11.9 Å². The highest BCUT2D eigenvalue weighted by atomic mass is 16.5. The third kappa shape index (κ3) is 5.14. The van der Waals surface area contributed by atoms with Crippen molar-refractivity contribution in [3.63, 3.8) is 0 Å². The summed E-state index contributed by atoms with van der Waals surface area (Å²) in [5, 5.41) is 0. The molecular weight excluding hydrogens is 226 g/mol. The molecule has 98 valence electrons. The Morgan fingerprint density at radius 1 is 1.24 bits per heavy atom. The van der Waals surface area contributed by atoms with E-state index in [1.165, 1.54) is 14.2 Å². The number of ether oxygens (including phenoxy) is 3. The zero-order chi connectivity index (χ0) is 12.7. The number of carbonyl (C=O) groups is 2. The lowest BCUT2D eigenvalue weighted by molar-refractivity contribution is -0.146. The molecule has 0 aromatic heterocycles. The molecular formula is C11H19NO5. The minimum absolute atomic E-state index is 0.0749. The molecule has 1 heterocycles. The minimum Gasteiger partial charge on any atom is -0.468 e. The van der Waals surface area contributed by atoms with E-state index in [2.05, 4.69) is 9.47 Å². The van der Waals surface area contributed by atoms with Crippen LogP contribution in [0.2, 0.25) is 0 Å². The molecule has 1 saturated heterocycles. The van der Waals surface area contributed by atoms with Crippen LogP contribution in [0.3, 0.4) is 0 Å². The molecule has 0 aromatic carbocycles. The molecule has 0 aromatic rings. The highest BCUT2D eigenvalue weighted by Crippen LogP contribution is 2.13. The smallest absolute Gasteiger partial charge is 0.319 e. The second-order valence-electron chi connectivity index (χ2n) is 3.96. The van der Waals surface area contributed by atoms with Crippen LogP contribution < -0.4 is 0 Å². The summed E-state index contributed by atoms with van der Waals surface area (Å²) in [6.07, 6.45) is 2.07. The van der Waals surface area contributed by atoms with E-state index in [9.17, 15) is 9.59 Å². The van der Waals surface area contributed by atoms with Crippen molar-refractivity contribution in [3.8, 4) is 0 Å². The third-order valence-electron chi connectivity index (χ3n) is 2.65. The molecule has 1 aliphatic rings. The second kappa shape index (κ2) is 7.24. The number of nitrogens with zero attached hydrogens (tertiary/aromatic N) is 1. The summed E-state index contributed by atoms with van der Waals surface area (Å²) in [5.74, 6) is -0.737. The molecule has 1 atom stereocenters. The van der Waals surface area contributed by atoms with E-state index in [1.54, 1.807) is 4.90 Å². The first-order valence-corrected chi connectivity index (χ1v) is 5.63. The van der Waals surface area contributed by atoms with Gasteiger partial charge < -0.3 is 14.2 Å². The molecule has 0 saturated carbocycles. The molecule has 1 aliphatic heterocycles. The predicted molar refractivity (Wildman–Crippen MR) is 59.4 cm³/mol. The van der Waals surface area contributed by atoms with Crippen LogP contribution in [0, 0.1) is 0 Å². The summed E-state index contributed by atoms with van der Waals surface area (Å²) >= 11 is 0. The SMILES string of the molecule is COC(=O)CN(CC(=O)OC)CC1CCCO1. The van der Waals surface area contributed by atoms with Gasteiger partial charge in [-0.1, -0.05) is 0 Å². The standard InChI is InChI=1S/C11H19NO5/c1-15-10(13)7-12(8-11(14)16-2)6-9-4-3-5-17-9/h9H,3-8H2,1-2H3. The molecule has 0 N–H and O–H groups in total. The zero-order valence-electron chi connectivity index (χ0n) is 10.3. The van der Waals surface area contributed by atoms with E-state index in [-0.39, 0.29) is 31.1 Å². The van der Waals surface area contributed by atoms with Gasteiger partial charge in [0.1, 0.15) is 0 Å². The van der Waals surface area contributed by atoms with Gasteiger partial charge in [-0.05, 0) is 12.8 Å². The van der Waals surface area contributed by atoms with Crippen molar-refractivity contribution in [2.45, 2.75) is 18.9 Å². The number of hydrogen-bond acceptors (Lipinski definition) is 6. The Morgan fingerprint density at radius 3 is 2.24 bits per heavy atom. The molecule has 0 aliphatic carbocycles. The lowest BCUT2D eigenvalue weighted by Gasteiger charge is -2.22. The van der Waals surface area contributed by atoms with E-state index in [1.807, 2.05) is 0 Å². The summed E-state index contributed by atoms with van der Waals surface area (Å²) < 4.78 is 14.6. The molecule has 1 fully saturated rings. The zero-order valence-corrected chi connectivity index (χ0v) is 10.3. The largest absolute Gasteiger partial charge is 0.468 e. The summed E-state index contributed by atoms with van der Waals surface area (Å²) in [7, 11) is 2.65. The van der Waals surface area contributed by atoms with E-state index < -0.39 is 0 Å². The molecule has 0 bridgehead atoms. The van der Waals surface area contributed by atoms with E-state index >= 15 is 0 Å². The summed E-state index contributed by atoms with van der Waals surface area (Å²) in [6.45, 7) is 1.44. The van der Waals surface area contributed by atoms with Crippen LogP contribution in [-0.2, 0) is 23.8 Å². The first-order valence-electron chi connectivity index (χ1n) is 5.63. The normalized spacial score (nSPS) is 19.4. The molecule has 0 spiro atoms. The molecule has 0 amide bonds. The van der Waals surface area contributed by atoms with Gasteiger partial charge in [-0.3, -0.25) is 14.5 Å². The van der Waals surface area contributed by atoms with Gasteiger partial charge in [-0.2, -0.15) is 0 Å². The van der Waals surface area contributed by atoms with Crippen molar-refractivity contribution < 1.29 is 23.8 Å². The van der Waals surface area contributed by atoms with Gasteiger partial charge in [0.2, 0.25) is 0 Å². The number of rotatable bonds is 6. The van der Waals surface area contributed by atoms with Crippen molar-refractivity contribution in [2.75, 3.05) is 40.5 Å². The summed E-state index contributed by atoms with van der Waals surface area (Å²) in [5.41, 5.74) is 0. The molecule has 1 unspecified atom stereocenters. The van der Waals surface area contributed by atoms with Crippen molar-refractivity contribution in [1.29, 1.82) is 0 Å². The summed E-state index contributed by atoms with van der Waals surface area (Å²) in [4.78, 5) is 24.1. The van der Waals surface area contributed by atoms with Gasteiger partial charge >= 0.3 is 11.9 Å². The Morgan fingerprint density at radius 2 is 1.82 bits per heavy atom. The van der Waals surface area contributed by atoms with E-state index in [0.717, 1.165) is 19.4 Å². The fourth-order valence-corrected chi connectivity index (χ4v) is 1.76. The Bertz CT molecular complexity index is 245. The van der Waals surface area contributed by atoms with Gasteiger partial charge in [0.05, 0.1) is 33.4 Å². The minimum atomic E-state index is -0.369. The van der Waals surface area contributed by atoms with Crippen molar-refractivity contribution in [3.05, 3.63) is 0 Å². The first kappa shape index (κ1) is 13.9. The molecule has 17 heavy (non-hydrogen) atoms. The monoisotopic (exact) mass is 245 g/mol. The first-order chi connectivity index (χ1) is 8.15. The quantitative estimate of drug-likeness (QED) is 0.604. The average Bonchev–Trinajstić information content (AvgIpc) is 2.81. The lowest BCUT2D eigenvalue weighted by Crippen LogP contribution is -2.40. The number of methoxy groups -OCH3 is 2. The Labute approximate surface area is 101 Å². The van der Waals surface area contributed by atoms with Gasteiger partial charge in [-0.15, -0.1) is 0 Å². The van der Waals surface area contributed by atoms with E-state index in [4.69, 9.17) is 4.74 Å². The number of carbonyl (C=O) groups excluding carboxylic acids is 2. The molecule has 6 heteroatoms. The van der Waals surface area contributed by atoms with Crippen LogP contribution in [0.15, 0.2) is 0 Å². The molecule has 0 radical (unpaired) electrons. The Hall–Kier alpha value is -1.14. The fraction of sp³-hybridized carbons (Fsp3) is 0.818. The number of esters is 2. The maximum Gasteiger partial charge on any atom is 0.319 e. The maximum atomic E-state index is 11.2. The van der Waals surface area contributed by atoms with Gasteiger partial charge in [0, 0.05) is 13.2 Å². The van der Waals surface area contributed by atoms with Crippen LogP contribution in [0.1, 0.15) is 12.8 Å². The lowest BCUT2D eigenvalue weighted by atomic mass is 10.2. The Kier molecular flexibility index (Phi) is 5.93. The van der Waals surface area contributed by atoms with Gasteiger partial charge in [0.15, 0.2) is 0 Å². The van der Waals surface area contributed by atoms with Crippen LogP contribution in [0.4, 0.5) is 0 Å². The topological polar surface area (TPSA) is 65.1 Å². The second-order valence-corrected chi connectivity index (χ2v) is 3.96. The van der Waals surface area contributed by atoms with Crippen LogP contribution in [0.5, 0.6) is 0 Å². The maximum absolute atomic E-state index is 11.2.